The van der Waals surface area contributed by atoms with Crippen LogP contribution in [0.3, 0.4) is 0 Å². The van der Waals surface area contributed by atoms with E-state index < -0.39 is 16.1 Å². The minimum Gasteiger partial charge on any atom is -0.352 e. The fourth-order valence-electron chi connectivity index (χ4n) is 1.89. The summed E-state index contributed by atoms with van der Waals surface area (Å²) in [7, 11) is -3.71. The van der Waals surface area contributed by atoms with Crippen LogP contribution in [0, 0.1) is 0 Å². The highest BCUT2D eigenvalue weighted by Gasteiger charge is 2.33. The average molecular weight is 297 g/mol. The van der Waals surface area contributed by atoms with Gasteiger partial charge in [-0.2, -0.15) is 12.7 Å². The third kappa shape index (κ3) is 3.55. The van der Waals surface area contributed by atoms with Crippen LogP contribution in [0.5, 0.6) is 0 Å². The lowest BCUT2D eigenvalue weighted by Gasteiger charge is -2.13. The fourth-order valence-corrected chi connectivity index (χ4v) is 2.98. The second-order valence-electron chi connectivity index (χ2n) is 4.53. The van der Waals surface area contributed by atoms with Crippen LogP contribution in [0.4, 0.5) is 0 Å². The Balaban J connectivity index is 2.08. The largest absolute Gasteiger partial charge is 0.352 e. The van der Waals surface area contributed by atoms with Gasteiger partial charge in [-0.3, -0.25) is 9.59 Å². The lowest BCUT2D eigenvalue weighted by atomic mass is 10.1. The van der Waals surface area contributed by atoms with Crippen molar-refractivity contribution in [3.8, 4) is 0 Å². The zero-order valence-corrected chi connectivity index (χ0v) is 11.7. The van der Waals surface area contributed by atoms with Crippen LogP contribution in [0.2, 0.25) is 0 Å². The van der Waals surface area contributed by atoms with Crippen molar-refractivity contribution in [2.75, 3.05) is 6.54 Å². The maximum absolute atomic E-state index is 11.6. The third-order valence-electron chi connectivity index (χ3n) is 2.79. The summed E-state index contributed by atoms with van der Waals surface area (Å²) in [5.41, 5.74) is 1.63. The molecule has 0 aromatic heterocycles. The van der Waals surface area contributed by atoms with Crippen molar-refractivity contribution < 1.29 is 18.0 Å². The molecule has 1 aliphatic heterocycles. The van der Waals surface area contributed by atoms with Crippen molar-refractivity contribution in [2.24, 2.45) is 0 Å². The van der Waals surface area contributed by atoms with Crippen LogP contribution in [0.15, 0.2) is 24.3 Å². The molecular formula is C12H15N3O4S. The van der Waals surface area contributed by atoms with E-state index in [-0.39, 0.29) is 19.0 Å². The van der Waals surface area contributed by atoms with Gasteiger partial charge in [-0.25, -0.2) is 4.72 Å². The average Bonchev–Trinajstić information content (AvgIpc) is 2.60. The Morgan fingerprint density at radius 2 is 2.10 bits per heavy atom. The molecule has 0 radical (unpaired) electrons. The molecule has 8 heteroatoms. The number of hydrogen-bond donors (Lipinski definition) is 2. The Morgan fingerprint density at radius 3 is 2.70 bits per heavy atom. The number of benzene rings is 1. The van der Waals surface area contributed by atoms with Crippen molar-refractivity contribution in [2.45, 2.75) is 20.0 Å². The molecule has 1 aromatic carbocycles. The predicted molar refractivity (Wildman–Crippen MR) is 71.4 cm³/mol. The van der Waals surface area contributed by atoms with Gasteiger partial charge in [0.2, 0.25) is 11.8 Å². The number of nitrogens with one attached hydrogen (secondary N) is 2. The van der Waals surface area contributed by atoms with Crippen LogP contribution >= 0.6 is 0 Å². The van der Waals surface area contributed by atoms with Crippen LogP contribution in [0.25, 0.3) is 0 Å². The van der Waals surface area contributed by atoms with Crippen LogP contribution < -0.4 is 10.0 Å². The van der Waals surface area contributed by atoms with E-state index in [2.05, 4.69) is 5.32 Å². The first-order valence-corrected chi connectivity index (χ1v) is 7.44. The molecule has 1 heterocycles. The smallest absolute Gasteiger partial charge is 0.304 e. The summed E-state index contributed by atoms with van der Waals surface area (Å²) in [4.78, 5) is 22.0. The molecular weight excluding hydrogens is 282 g/mol. The Labute approximate surface area is 117 Å². The minimum absolute atomic E-state index is 0.120. The van der Waals surface area contributed by atoms with Crippen LogP contribution in [-0.2, 0) is 32.9 Å². The number of carbonyl (C=O) groups excluding carboxylic acids is 2. The summed E-state index contributed by atoms with van der Waals surface area (Å²) >= 11 is 0. The highest BCUT2D eigenvalue weighted by atomic mass is 32.2. The molecule has 2 rings (SSSR count). The zero-order chi connectivity index (χ0) is 14.8. The molecule has 2 N–H and O–H groups in total. The molecule has 0 spiro atoms. The van der Waals surface area contributed by atoms with Crippen molar-refractivity contribution in [3.63, 3.8) is 0 Å². The Morgan fingerprint density at radius 1 is 1.40 bits per heavy atom. The number of rotatable bonds is 4. The standard InChI is InChI=1S/C12H15N3O4S/c1-9(16)13-6-10-3-2-4-11(5-10)7-15-8-12(17)14-20(15,18)19/h2-5H,6-8H2,1H3,(H,13,16)(H,14,17). The summed E-state index contributed by atoms with van der Waals surface area (Å²) in [6.07, 6.45) is 0. The van der Waals surface area contributed by atoms with E-state index in [1.165, 1.54) is 6.92 Å². The lowest BCUT2D eigenvalue weighted by molar-refractivity contribution is -0.119. The van der Waals surface area contributed by atoms with E-state index >= 15 is 0 Å². The van der Waals surface area contributed by atoms with E-state index in [9.17, 15) is 18.0 Å². The summed E-state index contributed by atoms with van der Waals surface area (Å²) in [5.74, 6) is -0.660. The van der Waals surface area contributed by atoms with Gasteiger partial charge in [0, 0.05) is 20.0 Å². The molecule has 0 aliphatic carbocycles. The summed E-state index contributed by atoms with van der Waals surface area (Å²) < 4.78 is 26.2. The van der Waals surface area contributed by atoms with Gasteiger partial charge in [0.25, 0.3) is 0 Å². The van der Waals surface area contributed by atoms with Gasteiger partial charge in [0.05, 0.1) is 6.54 Å². The fraction of sp³-hybridized carbons (Fsp3) is 0.333. The molecule has 1 aromatic rings. The Bertz CT molecular complexity index is 642. The molecule has 0 atom stereocenters. The third-order valence-corrected chi connectivity index (χ3v) is 4.22. The number of hydrogen-bond acceptors (Lipinski definition) is 4. The molecule has 1 fully saturated rings. The van der Waals surface area contributed by atoms with Crippen molar-refractivity contribution in [3.05, 3.63) is 35.4 Å². The Kier molecular flexibility index (Phi) is 4.05. The van der Waals surface area contributed by atoms with Gasteiger partial charge in [-0.05, 0) is 11.1 Å². The minimum atomic E-state index is -3.71. The van der Waals surface area contributed by atoms with Gasteiger partial charge >= 0.3 is 10.2 Å². The summed E-state index contributed by atoms with van der Waals surface area (Å²) in [6, 6.07) is 7.19. The van der Waals surface area contributed by atoms with E-state index in [0.717, 1.165) is 15.4 Å². The Hall–Kier alpha value is -1.93. The van der Waals surface area contributed by atoms with Gasteiger partial charge in [-0.1, -0.05) is 24.3 Å². The number of nitrogens with zero attached hydrogens (tertiary/aromatic N) is 1. The maximum Gasteiger partial charge on any atom is 0.304 e. The molecule has 108 valence electrons. The molecule has 0 saturated carbocycles. The first-order valence-electron chi connectivity index (χ1n) is 6.00. The molecule has 1 saturated heterocycles. The predicted octanol–water partition coefficient (Wildman–Crippen LogP) is -0.501. The molecule has 1 aliphatic rings. The normalized spacial score (nSPS) is 17.8. The number of amides is 2. The van der Waals surface area contributed by atoms with Gasteiger partial charge in [-0.15, -0.1) is 0 Å². The summed E-state index contributed by atoms with van der Waals surface area (Å²) in [5, 5.41) is 2.67. The van der Waals surface area contributed by atoms with E-state index in [4.69, 9.17) is 0 Å². The van der Waals surface area contributed by atoms with Crippen molar-refractivity contribution in [1.29, 1.82) is 0 Å². The topological polar surface area (TPSA) is 95.6 Å². The van der Waals surface area contributed by atoms with E-state index in [0.29, 0.717) is 6.54 Å². The monoisotopic (exact) mass is 297 g/mol. The van der Waals surface area contributed by atoms with E-state index in [1.54, 1.807) is 18.2 Å². The lowest BCUT2D eigenvalue weighted by Crippen LogP contribution is -2.29. The molecule has 7 nitrogen and oxygen atoms in total. The molecule has 2 amide bonds. The van der Waals surface area contributed by atoms with Crippen LogP contribution in [0.1, 0.15) is 18.1 Å². The quantitative estimate of drug-likeness (QED) is 0.783. The SMILES string of the molecule is CC(=O)NCc1cccc(CN2CC(=O)NS2(=O)=O)c1. The van der Waals surface area contributed by atoms with E-state index in [1.807, 2.05) is 10.8 Å². The molecule has 0 unspecified atom stereocenters. The number of carbonyl (C=O) groups is 2. The second-order valence-corrected chi connectivity index (χ2v) is 6.20. The summed E-state index contributed by atoms with van der Waals surface area (Å²) in [6.45, 7) is 1.76. The second kappa shape index (κ2) is 5.59. The zero-order valence-electron chi connectivity index (χ0n) is 10.9. The van der Waals surface area contributed by atoms with Gasteiger partial charge < -0.3 is 5.32 Å². The van der Waals surface area contributed by atoms with Gasteiger partial charge in [0.15, 0.2) is 0 Å². The van der Waals surface area contributed by atoms with Crippen LogP contribution in [-0.4, -0.2) is 31.1 Å². The van der Waals surface area contributed by atoms with Gasteiger partial charge in [0.1, 0.15) is 0 Å². The highest BCUT2D eigenvalue weighted by molar-refractivity contribution is 7.88. The first-order chi connectivity index (χ1) is 9.37. The highest BCUT2D eigenvalue weighted by Crippen LogP contribution is 2.13. The molecule has 0 bridgehead atoms. The van der Waals surface area contributed by atoms with Crippen molar-refractivity contribution in [1.82, 2.24) is 14.3 Å². The first kappa shape index (κ1) is 14.5. The molecule has 20 heavy (non-hydrogen) atoms. The van der Waals surface area contributed by atoms with Crippen molar-refractivity contribution >= 4 is 22.0 Å². The maximum atomic E-state index is 11.6.